The average Bonchev–Trinajstić information content (AvgIpc) is 3.25. The van der Waals surface area contributed by atoms with Gasteiger partial charge in [-0.3, -0.25) is 0 Å². The number of nitrogens with one attached hydrogen (secondary N) is 1. The molecule has 26 heavy (non-hydrogen) atoms. The normalized spacial score (nSPS) is 11.5. The maximum Gasteiger partial charge on any atom is 0.416 e. The van der Waals surface area contributed by atoms with Gasteiger partial charge in [0.1, 0.15) is 11.8 Å². The number of halogens is 3. The largest absolute Gasteiger partial charge is 0.416 e. The summed E-state index contributed by atoms with van der Waals surface area (Å²) < 4.78 is 37.8. The maximum absolute atomic E-state index is 12.6. The molecule has 134 valence electrons. The summed E-state index contributed by atoms with van der Waals surface area (Å²) in [4.78, 5) is 5.57. The number of alkyl halides is 3. The van der Waals surface area contributed by atoms with Gasteiger partial charge in [0.25, 0.3) is 0 Å². The number of nitrogens with zero attached hydrogens (tertiary/aromatic N) is 4. The Morgan fingerprint density at radius 2 is 1.85 bits per heavy atom. The zero-order chi connectivity index (χ0) is 18.7. The summed E-state index contributed by atoms with van der Waals surface area (Å²) in [6, 6.07) is 7.14. The molecule has 0 aliphatic carbocycles. The lowest BCUT2D eigenvalue weighted by atomic mass is 10.1. The van der Waals surface area contributed by atoms with Crippen LogP contribution in [0.25, 0.3) is 11.4 Å². The van der Waals surface area contributed by atoms with Crippen molar-refractivity contribution in [3.8, 4) is 17.5 Å². The molecule has 0 radical (unpaired) electrons. The van der Waals surface area contributed by atoms with E-state index in [1.54, 1.807) is 0 Å². The zero-order valence-electron chi connectivity index (χ0n) is 13.8. The number of benzene rings is 1. The number of rotatable bonds is 5. The monoisotopic (exact) mass is 377 g/mol. The number of aromatic amines is 1. The molecule has 9 heteroatoms. The Labute approximate surface area is 151 Å². The molecule has 0 amide bonds. The molecule has 0 aliphatic heterocycles. The van der Waals surface area contributed by atoms with Crippen molar-refractivity contribution >= 4 is 11.3 Å². The molecule has 3 rings (SSSR count). The number of aromatic nitrogens is 4. The fourth-order valence-electron chi connectivity index (χ4n) is 2.52. The van der Waals surface area contributed by atoms with Gasteiger partial charge in [-0.15, -0.1) is 16.4 Å². The van der Waals surface area contributed by atoms with Crippen LogP contribution >= 0.6 is 11.3 Å². The quantitative estimate of drug-likeness (QED) is 0.724. The van der Waals surface area contributed by atoms with Crippen LogP contribution in [-0.2, 0) is 25.4 Å². The molecule has 0 atom stereocenters. The van der Waals surface area contributed by atoms with Crippen LogP contribution in [0.4, 0.5) is 13.2 Å². The molecular weight excluding hydrogens is 363 g/mol. The molecule has 0 saturated heterocycles. The molecule has 0 saturated carbocycles. The van der Waals surface area contributed by atoms with E-state index in [1.165, 1.54) is 23.5 Å². The second-order valence-electron chi connectivity index (χ2n) is 5.56. The molecular formula is C17H14F3N5S. The van der Waals surface area contributed by atoms with Gasteiger partial charge in [-0.05, 0) is 30.5 Å². The molecule has 2 heterocycles. The minimum absolute atomic E-state index is 0.194. The van der Waals surface area contributed by atoms with Gasteiger partial charge in [0.15, 0.2) is 11.4 Å². The van der Waals surface area contributed by atoms with Crippen LogP contribution in [-0.4, -0.2) is 20.4 Å². The van der Waals surface area contributed by atoms with Gasteiger partial charge in [-0.2, -0.15) is 28.7 Å². The summed E-state index contributed by atoms with van der Waals surface area (Å²) in [5, 5.41) is 20.2. The molecule has 0 spiro atoms. The Kier molecular flexibility index (Phi) is 5.04. The van der Waals surface area contributed by atoms with Crippen molar-refractivity contribution in [1.82, 2.24) is 20.4 Å². The minimum Gasteiger partial charge on any atom is -0.239 e. The third kappa shape index (κ3) is 3.75. The first-order chi connectivity index (χ1) is 12.4. The Morgan fingerprint density at radius 1 is 1.12 bits per heavy atom. The van der Waals surface area contributed by atoms with Crippen LogP contribution in [0, 0.1) is 11.3 Å². The van der Waals surface area contributed by atoms with Crippen LogP contribution < -0.4 is 0 Å². The van der Waals surface area contributed by atoms with Crippen molar-refractivity contribution in [3.63, 3.8) is 0 Å². The number of hydrogen-bond acceptors (Lipinski definition) is 5. The Bertz CT molecular complexity index is 935. The lowest BCUT2D eigenvalue weighted by Crippen LogP contribution is -2.04. The number of aryl methyl sites for hydroxylation is 3. The van der Waals surface area contributed by atoms with Gasteiger partial charge in [-0.1, -0.05) is 19.1 Å². The van der Waals surface area contributed by atoms with E-state index < -0.39 is 11.7 Å². The highest BCUT2D eigenvalue weighted by Crippen LogP contribution is 2.31. The first-order valence-electron chi connectivity index (χ1n) is 7.88. The fourth-order valence-corrected chi connectivity index (χ4v) is 3.53. The Morgan fingerprint density at radius 3 is 2.46 bits per heavy atom. The second kappa shape index (κ2) is 7.25. The first-order valence-corrected chi connectivity index (χ1v) is 8.70. The molecule has 0 bridgehead atoms. The molecule has 0 aliphatic rings. The lowest BCUT2D eigenvalue weighted by molar-refractivity contribution is -0.137. The zero-order valence-corrected chi connectivity index (χ0v) is 14.6. The first kappa shape index (κ1) is 18.1. The van der Waals surface area contributed by atoms with Crippen LogP contribution in [0.5, 0.6) is 0 Å². The molecule has 0 fully saturated rings. The van der Waals surface area contributed by atoms with Gasteiger partial charge < -0.3 is 0 Å². The summed E-state index contributed by atoms with van der Waals surface area (Å²) in [6.07, 6.45) is -2.40. The lowest BCUT2D eigenvalue weighted by Gasteiger charge is -2.07. The predicted octanol–water partition coefficient (Wildman–Crippen LogP) is 4.17. The van der Waals surface area contributed by atoms with E-state index in [4.69, 9.17) is 5.26 Å². The van der Waals surface area contributed by atoms with E-state index in [2.05, 4.69) is 20.4 Å². The van der Waals surface area contributed by atoms with Crippen molar-refractivity contribution in [2.24, 2.45) is 0 Å². The van der Waals surface area contributed by atoms with Crippen molar-refractivity contribution in [1.29, 1.82) is 5.26 Å². The number of thiazole rings is 1. The summed E-state index contributed by atoms with van der Waals surface area (Å²) in [5.41, 5.74) is 1.43. The summed E-state index contributed by atoms with van der Waals surface area (Å²) in [7, 11) is 0. The van der Waals surface area contributed by atoms with Gasteiger partial charge >= 0.3 is 6.18 Å². The number of hydrogen-bond donors (Lipinski definition) is 1. The third-order valence-corrected chi connectivity index (χ3v) is 5.11. The van der Waals surface area contributed by atoms with E-state index in [0.717, 1.165) is 34.0 Å². The maximum atomic E-state index is 12.6. The molecule has 1 aromatic carbocycles. The Hall–Kier alpha value is -2.73. The number of H-pyrrole nitrogens is 1. The summed E-state index contributed by atoms with van der Waals surface area (Å²) >= 11 is 1.52. The van der Waals surface area contributed by atoms with Crippen LogP contribution in [0.2, 0.25) is 0 Å². The predicted molar refractivity (Wildman–Crippen MR) is 90.4 cm³/mol. The van der Waals surface area contributed by atoms with E-state index in [0.29, 0.717) is 24.2 Å². The highest BCUT2D eigenvalue weighted by atomic mass is 32.1. The van der Waals surface area contributed by atoms with Gasteiger partial charge in [0.2, 0.25) is 0 Å². The van der Waals surface area contributed by atoms with E-state index >= 15 is 0 Å². The second-order valence-corrected chi connectivity index (χ2v) is 6.73. The highest BCUT2D eigenvalue weighted by molar-refractivity contribution is 7.12. The van der Waals surface area contributed by atoms with Gasteiger partial charge in [-0.25, -0.2) is 4.98 Å². The van der Waals surface area contributed by atoms with Crippen molar-refractivity contribution in [2.75, 3.05) is 0 Å². The van der Waals surface area contributed by atoms with Crippen LogP contribution in [0.15, 0.2) is 24.3 Å². The highest BCUT2D eigenvalue weighted by Gasteiger charge is 2.29. The standard InChI is InChI=1S/C17H14F3N5S/c1-2-13-16(15-12(9-21)23-25-24-15)22-14(26-13)8-5-10-3-6-11(7-4-10)17(18,19)20/h3-4,6-7H,2,5,8H2,1H3,(H,23,24,25). The molecule has 1 N–H and O–H groups in total. The van der Waals surface area contributed by atoms with E-state index in [-0.39, 0.29) is 5.69 Å². The topological polar surface area (TPSA) is 78.2 Å². The van der Waals surface area contributed by atoms with E-state index in [9.17, 15) is 13.2 Å². The van der Waals surface area contributed by atoms with Crippen LogP contribution in [0.3, 0.4) is 0 Å². The van der Waals surface area contributed by atoms with Crippen molar-refractivity contribution in [2.45, 2.75) is 32.4 Å². The average molecular weight is 377 g/mol. The smallest absolute Gasteiger partial charge is 0.239 e. The molecule has 3 aromatic rings. The van der Waals surface area contributed by atoms with Gasteiger partial charge in [0, 0.05) is 11.3 Å². The fraction of sp³-hybridized carbons (Fsp3) is 0.294. The molecule has 2 aromatic heterocycles. The summed E-state index contributed by atoms with van der Waals surface area (Å²) in [6.45, 7) is 1.99. The van der Waals surface area contributed by atoms with E-state index in [1.807, 2.05) is 13.0 Å². The number of nitriles is 1. The minimum atomic E-state index is -4.32. The van der Waals surface area contributed by atoms with Crippen LogP contribution in [0.1, 0.15) is 33.6 Å². The van der Waals surface area contributed by atoms with Crippen molar-refractivity contribution in [3.05, 3.63) is 51.0 Å². The third-order valence-electron chi connectivity index (χ3n) is 3.85. The molecule has 5 nitrogen and oxygen atoms in total. The Balaban J connectivity index is 1.76. The molecule has 0 unspecified atom stereocenters. The SMILES string of the molecule is CCc1sc(CCc2ccc(C(F)(F)F)cc2)nc1-c1n[nH]nc1C#N. The van der Waals surface area contributed by atoms with Crippen molar-refractivity contribution < 1.29 is 13.2 Å². The summed E-state index contributed by atoms with van der Waals surface area (Å²) in [5.74, 6) is 0. The van der Waals surface area contributed by atoms with Gasteiger partial charge in [0.05, 0.1) is 10.6 Å².